The fourth-order valence-electron chi connectivity index (χ4n) is 2.44. The zero-order valence-corrected chi connectivity index (χ0v) is 13.2. The number of hydrogen-bond acceptors (Lipinski definition) is 4. The van der Waals surface area contributed by atoms with Gasteiger partial charge in [-0.2, -0.15) is 5.10 Å². The van der Waals surface area contributed by atoms with Crippen LogP contribution >= 0.6 is 0 Å². The fourth-order valence-corrected chi connectivity index (χ4v) is 3.34. The number of rotatable bonds is 3. The Morgan fingerprint density at radius 3 is 2.41 bits per heavy atom. The lowest BCUT2D eigenvalue weighted by Gasteiger charge is -2.23. The van der Waals surface area contributed by atoms with Crippen molar-refractivity contribution in [3.8, 4) is 0 Å². The number of sulfonamides is 1. The molecular weight excluding hydrogens is 298 g/mol. The van der Waals surface area contributed by atoms with Crippen molar-refractivity contribution >= 4 is 16.2 Å². The molecule has 6 heteroatoms. The van der Waals surface area contributed by atoms with E-state index in [1.165, 1.54) is 18.4 Å². The topological polar surface area (TPSA) is 61.8 Å². The number of nitrogens with zero attached hydrogens (tertiary/aromatic N) is 2. The lowest BCUT2D eigenvalue weighted by atomic mass is 9.94. The molecule has 1 heterocycles. The first-order valence-corrected chi connectivity index (χ1v) is 8.34. The summed E-state index contributed by atoms with van der Waals surface area (Å²) in [5.41, 5.74) is 6.25. The third-order valence-corrected chi connectivity index (χ3v) is 5.54. The van der Waals surface area contributed by atoms with E-state index in [-0.39, 0.29) is 10.9 Å². The van der Waals surface area contributed by atoms with Crippen molar-refractivity contribution < 1.29 is 8.42 Å². The molecule has 0 fully saturated rings. The molecule has 2 aromatic carbocycles. The molecule has 0 radical (unpaired) electrons. The van der Waals surface area contributed by atoms with Gasteiger partial charge in [-0.1, -0.05) is 36.4 Å². The Kier molecular flexibility index (Phi) is 3.72. The van der Waals surface area contributed by atoms with Gasteiger partial charge >= 0.3 is 0 Å². The van der Waals surface area contributed by atoms with Crippen LogP contribution in [0.15, 0.2) is 58.5 Å². The lowest BCUT2D eigenvalue weighted by molar-refractivity contribution is 0.520. The van der Waals surface area contributed by atoms with Crippen molar-refractivity contribution in [2.45, 2.75) is 10.9 Å². The maximum absolute atomic E-state index is 12.1. The van der Waals surface area contributed by atoms with E-state index in [4.69, 9.17) is 0 Å². The Labute approximate surface area is 130 Å². The largest absolute Gasteiger partial charge is 0.298 e. The van der Waals surface area contributed by atoms with Gasteiger partial charge in [0.1, 0.15) is 0 Å². The quantitative estimate of drug-likeness (QED) is 0.942. The molecule has 0 aromatic heterocycles. The number of benzene rings is 2. The minimum atomic E-state index is -3.40. The Hall–Kier alpha value is -2.18. The van der Waals surface area contributed by atoms with E-state index in [2.05, 4.69) is 10.5 Å². The molecule has 1 aliphatic rings. The second-order valence-electron chi connectivity index (χ2n) is 5.31. The van der Waals surface area contributed by atoms with Gasteiger partial charge in [0, 0.05) is 19.7 Å². The monoisotopic (exact) mass is 315 g/mol. The number of fused-ring (bicyclic) bond motifs is 1. The van der Waals surface area contributed by atoms with Crippen LogP contribution < -0.4 is 5.43 Å². The molecular formula is C16H17N3O2S. The average molecular weight is 315 g/mol. The zero-order valence-electron chi connectivity index (χ0n) is 12.4. The van der Waals surface area contributed by atoms with Crippen molar-refractivity contribution in [2.24, 2.45) is 5.10 Å². The molecule has 1 atom stereocenters. The first kappa shape index (κ1) is 14.7. The summed E-state index contributed by atoms with van der Waals surface area (Å²) < 4.78 is 25.4. The molecule has 1 unspecified atom stereocenters. The summed E-state index contributed by atoms with van der Waals surface area (Å²) in [7, 11) is -0.352. The van der Waals surface area contributed by atoms with Crippen LogP contribution in [0.25, 0.3) is 0 Å². The van der Waals surface area contributed by atoms with Crippen LogP contribution in [-0.2, 0) is 10.0 Å². The van der Waals surface area contributed by atoms with E-state index in [1.54, 1.807) is 18.3 Å². The van der Waals surface area contributed by atoms with E-state index in [1.807, 2.05) is 36.4 Å². The van der Waals surface area contributed by atoms with Gasteiger partial charge in [-0.25, -0.2) is 12.7 Å². The van der Waals surface area contributed by atoms with Crippen molar-refractivity contribution in [1.82, 2.24) is 9.73 Å². The molecule has 2 aromatic rings. The van der Waals surface area contributed by atoms with Gasteiger partial charge in [0.2, 0.25) is 10.0 Å². The van der Waals surface area contributed by atoms with Gasteiger partial charge in [0.15, 0.2) is 0 Å². The summed E-state index contributed by atoms with van der Waals surface area (Å²) in [6, 6.07) is 14.9. The van der Waals surface area contributed by atoms with Crippen molar-refractivity contribution in [2.75, 3.05) is 14.1 Å². The van der Waals surface area contributed by atoms with E-state index in [0.29, 0.717) is 0 Å². The molecule has 0 saturated carbocycles. The van der Waals surface area contributed by atoms with Crippen LogP contribution in [0.1, 0.15) is 22.7 Å². The van der Waals surface area contributed by atoms with Crippen LogP contribution in [0.4, 0.5) is 0 Å². The molecule has 0 amide bonds. The van der Waals surface area contributed by atoms with Gasteiger partial charge in [-0.05, 0) is 23.3 Å². The summed E-state index contributed by atoms with van der Waals surface area (Å²) in [4.78, 5) is 0.286. The summed E-state index contributed by atoms with van der Waals surface area (Å²) in [6.45, 7) is 0. The maximum Gasteiger partial charge on any atom is 0.242 e. The highest BCUT2D eigenvalue weighted by atomic mass is 32.2. The van der Waals surface area contributed by atoms with Gasteiger partial charge in [0.25, 0.3) is 0 Å². The molecule has 0 aliphatic carbocycles. The van der Waals surface area contributed by atoms with Gasteiger partial charge in [-0.3, -0.25) is 5.43 Å². The van der Waals surface area contributed by atoms with Crippen molar-refractivity contribution in [3.05, 3.63) is 65.2 Å². The van der Waals surface area contributed by atoms with Gasteiger partial charge in [0.05, 0.1) is 17.2 Å². The Morgan fingerprint density at radius 2 is 1.73 bits per heavy atom. The summed E-state index contributed by atoms with van der Waals surface area (Å²) >= 11 is 0. The lowest BCUT2D eigenvalue weighted by Crippen LogP contribution is -2.24. The molecule has 0 bridgehead atoms. The van der Waals surface area contributed by atoms with Crippen LogP contribution in [-0.4, -0.2) is 33.0 Å². The highest BCUT2D eigenvalue weighted by Gasteiger charge is 2.21. The Balaban J connectivity index is 1.97. The smallest absolute Gasteiger partial charge is 0.242 e. The highest BCUT2D eigenvalue weighted by Crippen LogP contribution is 2.27. The summed E-state index contributed by atoms with van der Waals surface area (Å²) in [6.07, 6.45) is 1.79. The van der Waals surface area contributed by atoms with Crippen LogP contribution in [0.5, 0.6) is 0 Å². The maximum atomic E-state index is 12.1. The molecule has 5 nitrogen and oxygen atoms in total. The fraction of sp³-hybridized carbons (Fsp3) is 0.188. The summed E-state index contributed by atoms with van der Waals surface area (Å²) in [5.74, 6) is 0. The van der Waals surface area contributed by atoms with E-state index in [0.717, 1.165) is 16.7 Å². The minimum absolute atomic E-state index is 0.0719. The van der Waals surface area contributed by atoms with Gasteiger partial charge < -0.3 is 0 Å². The molecule has 114 valence electrons. The van der Waals surface area contributed by atoms with E-state index in [9.17, 15) is 8.42 Å². The second-order valence-corrected chi connectivity index (χ2v) is 7.46. The first-order valence-electron chi connectivity index (χ1n) is 6.90. The molecule has 0 spiro atoms. The van der Waals surface area contributed by atoms with Crippen LogP contribution in [0.2, 0.25) is 0 Å². The zero-order chi connectivity index (χ0) is 15.7. The highest BCUT2D eigenvalue weighted by molar-refractivity contribution is 7.89. The molecule has 0 saturated heterocycles. The molecule has 3 rings (SSSR count). The minimum Gasteiger partial charge on any atom is -0.298 e. The van der Waals surface area contributed by atoms with Crippen LogP contribution in [0.3, 0.4) is 0 Å². The Morgan fingerprint density at radius 1 is 1.05 bits per heavy atom. The van der Waals surface area contributed by atoms with Crippen molar-refractivity contribution in [1.29, 1.82) is 0 Å². The molecule has 22 heavy (non-hydrogen) atoms. The molecule has 1 aliphatic heterocycles. The first-order chi connectivity index (χ1) is 10.5. The van der Waals surface area contributed by atoms with Gasteiger partial charge in [-0.15, -0.1) is 0 Å². The van der Waals surface area contributed by atoms with Crippen molar-refractivity contribution in [3.63, 3.8) is 0 Å². The third kappa shape index (κ3) is 2.51. The molecule has 1 N–H and O–H groups in total. The third-order valence-electron chi connectivity index (χ3n) is 3.71. The number of nitrogens with one attached hydrogen (secondary N) is 1. The number of hydrazone groups is 1. The number of hydrogen-bond donors (Lipinski definition) is 1. The standard InChI is InChI=1S/C16H17N3O2S/c1-19(2)22(20,21)14-9-7-12(8-10-14)16-15-6-4-3-5-13(15)11-17-18-16/h3-11,16,18H,1-2H3. The predicted molar refractivity (Wildman–Crippen MR) is 86.3 cm³/mol. The second kappa shape index (κ2) is 5.55. The summed E-state index contributed by atoms with van der Waals surface area (Å²) in [5, 5.41) is 4.17. The SMILES string of the molecule is CN(C)S(=O)(=O)c1ccc(C2NN=Cc3ccccc32)cc1. The van der Waals surface area contributed by atoms with E-state index >= 15 is 0 Å². The normalized spacial score (nSPS) is 17.1. The van der Waals surface area contributed by atoms with Crippen LogP contribution in [0, 0.1) is 0 Å². The van der Waals surface area contributed by atoms with E-state index < -0.39 is 10.0 Å². The average Bonchev–Trinajstić information content (AvgIpc) is 2.54. The predicted octanol–water partition coefficient (Wildman–Crippen LogP) is 1.96. The Bertz CT molecular complexity index is 812.